The monoisotopic (exact) mass is 1020 g/mol. The molecule has 0 bridgehead atoms. The van der Waals surface area contributed by atoms with Crippen LogP contribution in [0.1, 0.15) is 126 Å². The van der Waals surface area contributed by atoms with Crippen molar-refractivity contribution < 1.29 is 89.8 Å². The number of hydrogen-bond acceptors (Lipinski definition) is 17. The molecule has 0 aromatic rings. The minimum atomic E-state index is -1.84. The number of allylic oxidation sites excluding steroid dienone is 2. The third-order valence-electron chi connectivity index (χ3n) is 22.2. The van der Waals surface area contributed by atoms with E-state index in [2.05, 4.69) is 47.6 Å². The fourth-order valence-corrected chi connectivity index (χ4v) is 17.3. The molecule has 0 saturated heterocycles. The SMILES string of the molecule is CC(=O)O[C@H]1C(C)C(C)(C)CC2C3=CCC4C5(C)CCC(O[C@@H]6CC(C(=O)O)[C@H](O[C@@H]7CC(CO)[C@H](O)[C@H](O)C7O)[C@H](O)C6O[C@@H]6CC(CO)[C@H](O)[C@H](O)C6O)[C@](C)(CO)C5CCC4(C)[C@]3(C)CCC21CO. The highest BCUT2D eigenvalue weighted by molar-refractivity contribution is 5.71. The Labute approximate surface area is 424 Å². The highest BCUT2D eigenvalue weighted by atomic mass is 16.6. The molecule has 0 radical (unpaired) electrons. The maximum atomic E-state index is 13.3. The van der Waals surface area contributed by atoms with Crippen LogP contribution in [0.2, 0.25) is 0 Å². The van der Waals surface area contributed by atoms with Crippen LogP contribution in [0.4, 0.5) is 0 Å². The van der Waals surface area contributed by atoms with E-state index >= 15 is 0 Å². The minimum Gasteiger partial charge on any atom is -0.481 e. The number of carbonyl (C=O) groups is 2. The highest BCUT2D eigenvalue weighted by Crippen LogP contribution is 2.76. The molecule has 0 amide bonds. The molecule has 0 aromatic heterocycles. The van der Waals surface area contributed by atoms with Crippen LogP contribution in [0.25, 0.3) is 0 Å². The van der Waals surface area contributed by atoms with Gasteiger partial charge in [0.1, 0.15) is 42.7 Å². The Morgan fingerprint density at radius 3 is 1.76 bits per heavy atom. The van der Waals surface area contributed by atoms with Gasteiger partial charge in [-0.2, -0.15) is 0 Å². The zero-order chi connectivity index (χ0) is 53.0. The quantitative estimate of drug-likeness (QED) is 0.0973. The van der Waals surface area contributed by atoms with Crippen LogP contribution in [0.15, 0.2) is 11.6 Å². The predicted octanol–water partition coefficient (Wildman–Crippen LogP) is 1.46. The first-order valence-corrected chi connectivity index (χ1v) is 26.9. The second-order valence-electron chi connectivity index (χ2n) is 25.9. The van der Waals surface area contributed by atoms with Crippen LogP contribution in [0.5, 0.6) is 0 Å². The van der Waals surface area contributed by atoms with Crippen molar-refractivity contribution in [2.45, 2.75) is 211 Å². The zero-order valence-corrected chi connectivity index (χ0v) is 43.6. The van der Waals surface area contributed by atoms with Crippen LogP contribution in [-0.2, 0) is 28.5 Å². The molecule has 7 fully saturated rings. The lowest BCUT2D eigenvalue weighted by Crippen LogP contribution is -2.68. The van der Waals surface area contributed by atoms with Crippen molar-refractivity contribution in [1.29, 1.82) is 0 Å². The van der Waals surface area contributed by atoms with E-state index in [0.29, 0.717) is 19.3 Å². The fourth-order valence-electron chi connectivity index (χ4n) is 17.3. The van der Waals surface area contributed by atoms with Crippen LogP contribution in [-0.4, -0.2) is 185 Å². The number of aliphatic hydroxyl groups excluding tert-OH is 11. The number of carbonyl (C=O) groups excluding carboxylic acids is 1. The molecule has 12 N–H and O–H groups in total. The molecule has 0 aliphatic heterocycles. The van der Waals surface area contributed by atoms with Gasteiger partial charge >= 0.3 is 11.9 Å². The van der Waals surface area contributed by atoms with Crippen LogP contribution < -0.4 is 0 Å². The van der Waals surface area contributed by atoms with Gasteiger partial charge in [0, 0.05) is 42.8 Å². The van der Waals surface area contributed by atoms with E-state index < -0.39 is 133 Å². The van der Waals surface area contributed by atoms with E-state index in [1.807, 2.05) is 6.92 Å². The maximum Gasteiger partial charge on any atom is 0.309 e. The van der Waals surface area contributed by atoms with Gasteiger partial charge in [-0.05, 0) is 116 Å². The van der Waals surface area contributed by atoms with Gasteiger partial charge in [0.25, 0.3) is 0 Å². The number of aliphatic carboxylic acids is 1. The second-order valence-corrected chi connectivity index (χ2v) is 25.9. The van der Waals surface area contributed by atoms with E-state index in [1.54, 1.807) is 0 Å². The highest BCUT2D eigenvalue weighted by Gasteiger charge is 2.71. The molecule has 8 aliphatic rings. The van der Waals surface area contributed by atoms with Crippen LogP contribution in [0.3, 0.4) is 0 Å². The third-order valence-corrected chi connectivity index (χ3v) is 22.2. The van der Waals surface area contributed by atoms with Crippen LogP contribution >= 0.6 is 0 Å². The van der Waals surface area contributed by atoms with E-state index in [9.17, 15) is 70.9 Å². The predicted molar refractivity (Wildman–Crippen MR) is 257 cm³/mol. The molecule has 14 unspecified atom stereocenters. The zero-order valence-electron chi connectivity index (χ0n) is 43.6. The van der Waals surface area contributed by atoms with Gasteiger partial charge in [-0.15, -0.1) is 0 Å². The molecule has 0 heterocycles. The molecule has 18 nitrogen and oxygen atoms in total. The smallest absolute Gasteiger partial charge is 0.309 e. The first-order chi connectivity index (χ1) is 33.7. The summed E-state index contributed by atoms with van der Waals surface area (Å²) in [5.74, 6) is -4.91. The maximum absolute atomic E-state index is 13.3. The summed E-state index contributed by atoms with van der Waals surface area (Å²) in [6.07, 6.45) is -12.1. The summed E-state index contributed by atoms with van der Waals surface area (Å²) >= 11 is 0. The summed E-state index contributed by atoms with van der Waals surface area (Å²) in [5, 5.41) is 131. The van der Waals surface area contributed by atoms with Gasteiger partial charge in [0.15, 0.2) is 0 Å². The molecule has 0 spiro atoms. The molecule has 0 aromatic carbocycles. The van der Waals surface area contributed by atoms with Gasteiger partial charge < -0.3 is 80.2 Å². The summed E-state index contributed by atoms with van der Waals surface area (Å²) in [6.45, 7) is 15.8. The van der Waals surface area contributed by atoms with Crippen molar-refractivity contribution >= 4 is 11.9 Å². The van der Waals surface area contributed by atoms with E-state index in [0.717, 1.165) is 32.1 Å². The molecule has 18 heteroatoms. The number of carboxylic acid groups (broad SMARTS) is 1. The average molecular weight is 1030 g/mol. The van der Waals surface area contributed by atoms with Gasteiger partial charge in [-0.1, -0.05) is 60.1 Å². The Balaban J connectivity index is 1.10. The van der Waals surface area contributed by atoms with Gasteiger partial charge in [0.2, 0.25) is 0 Å². The summed E-state index contributed by atoms with van der Waals surface area (Å²) in [4.78, 5) is 25.9. The lowest BCUT2D eigenvalue weighted by molar-refractivity contribution is -0.287. The van der Waals surface area contributed by atoms with Crippen molar-refractivity contribution in [3.8, 4) is 0 Å². The number of fused-ring (bicyclic) bond motifs is 7. The molecule has 26 atom stereocenters. The van der Waals surface area contributed by atoms with E-state index in [-0.39, 0.29) is 83.8 Å². The Morgan fingerprint density at radius 2 is 1.24 bits per heavy atom. The second kappa shape index (κ2) is 20.2. The topological polar surface area (TPSA) is 314 Å². The Hall–Kier alpha value is -1.88. The Bertz CT molecular complexity index is 2000. The summed E-state index contributed by atoms with van der Waals surface area (Å²) in [7, 11) is 0. The number of aliphatic hydroxyl groups is 11. The number of carboxylic acids is 1. The van der Waals surface area contributed by atoms with Crippen molar-refractivity contribution in [3.63, 3.8) is 0 Å². The first kappa shape index (κ1) is 56.3. The van der Waals surface area contributed by atoms with Gasteiger partial charge in [-0.25, -0.2) is 0 Å². The first-order valence-electron chi connectivity index (χ1n) is 26.9. The lowest BCUT2D eigenvalue weighted by atomic mass is 9.33. The molecule has 8 rings (SSSR count). The number of esters is 1. The molecular formula is C54H88O18. The largest absolute Gasteiger partial charge is 0.481 e. The summed E-state index contributed by atoms with van der Waals surface area (Å²) in [5.41, 5.74) is -1.04. The van der Waals surface area contributed by atoms with Gasteiger partial charge in [0.05, 0.1) is 61.9 Å². The van der Waals surface area contributed by atoms with E-state index in [1.165, 1.54) is 12.5 Å². The summed E-state index contributed by atoms with van der Waals surface area (Å²) < 4.78 is 26.0. The van der Waals surface area contributed by atoms with Crippen molar-refractivity contribution in [1.82, 2.24) is 0 Å². The summed E-state index contributed by atoms with van der Waals surface area (Å²) in [6, 6.07) is 0. The van der Waals surface area contributed by atoms with Gasteiger partial charge in [-0.3, -0.25) is 9.59 Å². The lowest BCUT2D eigenvalue weighted by Gasteiger charge is -2.72. The number of ether oxygens (including phenoxy) is 4. The Kier molecular flexibility index (Phi) is 15.8. The number of hydrogen-bond donors (Lipinski definition) is 12. The normalized spacial score (nSPS) is 53.2. The molecular weight excluding hydrogens is 937 g/mol. The number of rotatable bonds is 12. The van der Waals surface area contributed by atoms with Crippen molar-refractivity contribution in [3.05, 3.63) is 11.6 Å². The van der Waals surface area contributed by atoms with Crippen LogP contribution in [0, 0.1) is 73.9 Å². The minimum absolute atomic E-state index is 0.00911. The van der Waals surface area contributed by atoms with Crippen molar-refractivity contribution in [2.24, 2.45) is 73.9 Å². The van der Waals surface area contributed by atoms with E-state index in [4.69, 9.17) is 18.9 Å². The third kappa shape index (κ3) is 8.67. The Morgan fingerprint density at radius 1 is 0.653 bits per heavy atom. The molecule has 8 aliphatic carbocycles. The standard InChI is InChI=1S/C54H88O18/c1-25-47(69-26(2)59)54(24-58)16-15-52(7)30(31(54)20-49(25,3)4)9-10-36-50(5)13-12-37(51(6,23-57)35(50)11-14-53(36,52)8)70-34-19-29(48(67)68)45(71-32-17-27(21-55)38(60)42(64)40(32)62)44(66)46(34)72-33-18-28(22-56)39(61)43(65)41(33)63/h9,25,27-29,31-47,55-58,60-66H,10-24H2,1-8H3,(H,67,68)/t25?,27?,28?,29?,31?,32-,33-,34-,35?,36?,37?,38+,39+,40?,41?,42+,43+,44+,45+,46?,47+,50?,51-,52-,53?,54?/m1/s1. The van der Waals surface area contributed by atoms with Crippen molar-refractivity contribution in [2.75, 3.05) is 26.4 Å². The molecule has 7 saturated carbocycles. The fraction of sp³-hybridized carbons (Fsp3) is 0.926. The molecule has 412 valence electrons. The average Bonchev–Trinajstić information content (AvgIpc) is 3.33. The molecule has 72 heavy (non-hydrogen) atoms.